The maximum absolute atomic E-state index is 12.5. The van der Waals surface area contributed by atoms with Gasteiger partial charge in [-0.1, -0.05) is 23.5 Å². The van der Waals surface area contributed by atoms with Crippen LogP contribution in [0.3, 0.4) is 0 Å². The third kappa shape index (κ3) is 4.51. The molecule has 3 aromatic rings. The number of anilines is 1. The van der Waals surface area contributed by atoms with Gasteiger partial charge in [-0.05, 0) is 31.5 Å². The van der Waals surface area contributed by atoms with Crippen LogP contribution in [-0.2, 0) is 21.1 Å². The highest BCUT2D eigenvalue weighted by atomic mass is 32.2. The number of rotatable bonds is 7. The first kappa shape index (κ1) is 21.1. The van der Waals surface area contributed by atoms with Gasteiger partial charge in [0.05, 0.1) is 41.0 Å². The summed E-state index contributed by atoms with van der Waals surface area (Å²) in [6.07, 6.45) is 0.0457. The van der Waals surface area contributed by atoms with E-state index >= 15 is 0 Å². The third-order valence-electron chi connectivity index (χ3n) is 4.35. The fourth-order valence-corrected chi connectivity index (χ4v) is 4.78. The predicted molar refractivity (Wildman–Crippen MR) is 114 cm³/mol. The fraction of sp³-hybridized carbons (Fsp3) is 0.300. The second kappa shape index (κ2) is 8.38. The van der Waals surface area contributed by atoms with Crippen LogP contribution >= 0.6 is 11.3 Å². The van der Waals surface area contributed by atoms with Crippen LogP contribution in [0.4, 0.5) is 5.13 Å². The number of aromatic nitrogens is 1. The Morgan fingerprint density at radius 3 is 2.48 bits per heavy atom. The summed E-state index contributed by atoms with van der Waals surface area (Å²) in [5.41, 5.74) is 1.31. The van der Waals surface area contributed by atoms with Gasteiger partial charge < -0.3 is 14.8 Å². The molecule has 0 radical (unpaired) electrons. The molecule has 0 aliphatic carbocycles. The molecular weight excluding hydrogens is 412 g/mol. The number of amides is 1. The Bertz CT molecular complexity index is 1110. The Labute approximate surface area is 173 Å². The van der Waals surface area contributed by atoms with Crippen LogP contribution in [0.5, 0.6) is 11.5 Å². The van der Waals surface area contributed by atoms with E-state index in [1.54, 1.807) is 58.4 Å². The molecule has 0 saturated carbocycles. The number of thiazole rings is 1. The van der Waals surface area contributed by atoms with Gasteiger partial charge in [-0.2, -0.15) is 0 Å². The van der Waals surface area contributed by atoms with Gasteiger partial charge in [-0.25, -0.2) is 13.4 Å². The highest BCUT2D eigenvalue weighted by molar-refractivity contribution is 7.92. The molecule has 0 unspecified atom stereocenters. The summed E-state index contributed by atoms with van der Waals surface area (Å²) in [4.78, 5) is 17.1. The Balaban J connectivity index is 1.78. The van der Waals surface area contributed by atoms with Crippen LogP contribution in [0.15, 0.2) is 41.3 Å². The number of methoxy groups -OCH3 is 2. The van der Waals surface area contributed by atoms with Crippen LogP contribution in [-0.4, -0.2) is 38.8 Å². The molecule has 1 N–H and O–H groups in total. The highest BCUT2D eigenvalue weighted by Gasteiger charge is 2.20. The molecule has 29 heavy (non-hydrogen) atoms. The number of fused-ring (bicyclic) bond motifs is 1. The SMILES string of the molecule is COc1cc2nc(NC(=O)Cc3cccc(S(=O)(=O)C(C)C)c3)sc2cc1OC. The minimum absolute atomic E-state index is 0.0457. The molecule has 0 spiro atoms. The maximum atomic E-state index is 12.5. The Hall–Kier alpha value is -2.65. The van der Waals surface area contributed by atoms with Crippen molar-refractivity contribution in [2.45, 2.75) is 30.4 Å². The Morgan fingerprint density at radius 1 is 1.14 bits per heavy atom. The lowest BCUT2D eigenvalue weighted by Crippen LogP contribution is -2.16. The van der Waals surface area contributed by atoms with Crippen LogP contribution in [0, 0.1) is 0 Å². The lowest BCUT2D eigenvalue weighted by atomic mass is 10.1. The number of nitrogens with zero attached hydrogens (tertiary/aromatic N) is 1. The summed E-state index contributed by atoms with van der Waals surface area (Å²) in [6, 6.07) is 10.0. The van der Waals surface area contributed by atoms with Crippen molar-refractivity contribution in [3.05, 3.63) is 42.0 Å². The molecule has 0 atom stereocenters. The number of hydrogen-bond donors (Lipinski definition) is 1. The number of nitrogens with one attached hydrogen (secondary N) is 1. The van der Waals surface area contributed by atoms with Crippen molar-refractivity contribution in [2.75, 3.05) is 19.5 Å². The zero-order valence-corrected chi connectivity index (χ0v) is 18.2. The highest BCUT2D eigenvalue weighted by Crippen LogP contribution is 2.36. The quantitative estimate of drug-likeness (QED) is 0.610. The normalized spacial score (nSPS) is 11.6. The summed E-state index contributed by atoms with van der Waals surface area (Å²) >= 11 is 1.32. The summed E-state index contributed by atoms with van der Waals surface area (Å²) in [5.74, 6) is 0.873. The molecule has 0 bridgehead atoms. The van der Waals surface area contributed by atoms with E-state index < -0.39 is 15.1 Å². The number of benzene rings is 2. The van der Waals surface area contributed by atoms with E-state index in [0.29, 0.717) is 27.7 Å². The molecule has 0 aliphatic rings. The van der Waals surface area contributed by atoms with E-state index in [-0.39, 0.29) is 17.2 Å². The molecule has 0 fully saturated rings. The fourth-order valence-electron chi connectivity index (χ4n) is 2.76. The number of carbonyl (C=O) groups excluding carboxylic acids is 1. The van der Waals surface area contributed by atoms with Crippen LogP contribution in [0.1, 0.15) is 19.4 Å². The predicted octanol–water partition coefficient (Wildman–Crippen LogP) is 3.68. The minimum Gasteiger partial charge on any atom is -0.493 e. The lowest BCUT2D eigenvalue weighted by molar-refractivity contribution is -0.115. The summed E-state index contributed by atoms with van der Waals surface area (Å²) in [6.45, 7) is 3.26. The standard InChI is InChI=1S/C20H22N2O5S2/c1-12(2)29(24,25)14-7-5-6-13(8-14)9-19(23)22-20-21-15-10-16(26-3)17(27-4)11-18(15)28-20/h5-8,10-12H,9H2,1-4H3,(H,21,22,23). The first-order valence-electron chi connectivity index (χ1n) is 8.90. The smallest absolute Gasteiger partial charge is 0.230 e. The van der Waals surface area contributed by atoms with E-state index in [1.807, 2.05) is 6.07 Å². The van der Waals surface area contributed by atoms with Crippen LogP contribution in [0.25, 0.3) is 10.2 Å². The monoisotopic (exact) mass is 434 g/mol. The van der Waals surface area contributed by atoms with Crippen molar-refractivity contribution >= 4 is 42.4 Å². The van der Waals surface area contributed by atoms with Gasteiger partial charge in [-0.15, -0.1) is 0 Å². The largest absolute Gasteiger partial charge is 0.493 e. The van der Waals surface area contributed by atoms with Gasteiger partial charge in [0.25, 0.3) is 0 Å². The van der Waals surface area contributed by atoms with Crippen molar-refractivity contribution in [1.29, 1.82) is 0 Å². The van der Waals surface area contributed by atoms with E-state index in [2.05, 4.69) is 10.3 Å². The second-order valence-electron chi connectivity index (χ2n) is 6.66. The number of carbonyl (C=O) groups is 1. The number of ether oxygens (including phenoxy) is 2. The lowest BCUT2D eigenvalue weighted by Gasteiger charge is -2.09. The minimum atomic E-state index is -3.39. The molecule has 3 rings (SSSR count). The molecule has 0 saturated heterocycles. The molecule has 9 heteroatoms. The maximum Gasteiger partial charge on any atom is 0.230 e. The zero-order chi connectivity index (χ0) is 21.2. The van der Waals surface area contributed by atoms with Gasteiger partial charge in [-0.3, -0.25) is 4.79 Å². The Morgan fingerprint density at radius 2 is 1.83 bits per heavy atom. The second-order valence-corrected chi connectivity index (χ2v) is 10.2. The summed E-state index contributed by atoms with van der Waals surface area (Å²) in [7, 11) is -0.286. The average Bonchev–Trinajstić information content (AvgIpc) is 3.07. The number of hydrogen-bond acceptors (Lipinski definition) is 7. The van der Waals surface area contributed by atoms with Gasteiger partial charge in [0.1, 0.15) is 0 Å². The first-order chi connectivity index (χ1) is 13.7. The van der Waals surface area contributed by atoms with Crippen molar-refractivity contribution in [1.82, 2.24) is 4.98 Å². The number of sulfone groups is 1. The molecule has 1 heterocycles. The van der Waals surface area contributed by atoms with E-state index in [4.69, 9.17) is 9.47 Å². The van der Waals surface area contributed by atoms with Gasteiger partial charge in [0.2, 0.25) is 5.91 Å². The molecule has 0 aliphatic heterocycles. The van der Waals surface area contributed by atoms with Crippen molar-refractivity contribution < 1.29 is 22.7 Å². The van der Waals surface area contributed by atoms with E-state index in [9.17, 15) is 13.2 Å². The zero-order valence-electron chi connectivity index (χ0n) is 16.6. The molecule has 154 valence electrons. The Kier molecular flexibility index (Phi) is 6.09. The van der Waals surface area contributed by atoms with Gasteiger partial charge >= 0.3 is 0 Å². The molecule has 7 nitrogen and oxygen atoms in total. The van der Waals surface area contributed by atoms with Crippen molar-refractivity contribution in [3.63, 3.8) is 0 Å². The average molecular weight is 435 g/mol. The van der Waals surface area contributed by atoms with Crippen LogP contribution < -0.4 is 14.8 Å². The van der Waals surface area contributed by atoms with Crippen LogP contribution in [0.2, 0.25) is 0 Å². The van der Waals surface area contributed by atoms with Gasteiger partial charge in [0.15, 0.2) is 26.5 Å². The summed E-state index contributed by atoms with van der Waals surface area (Å²) in [5, 5.41) is 2.70. The van der Waals surface area contributed by atoms with Gasteiger partial charge in [0, 0.05) is 12.1 Å². The molecule has 2 aromatic carbocycles. The molecule has 1 amide bonds. The van der Waals surface area contributed by atoms with Crippen molar-refractivity contribution in [2.24, 2.45) is 0 Å². The first-order valence-corrected chi connectivity index (χ1v) is 11.3. The molecule has 1 aromatic heterocycles. The van der Waals surface area contributed by atoms with Crippen molar-refractivity contribution in [3.8, 4) is 11.5 Å². The molecular formula is C20H22N2O5S2. The van der Waals surface area contributed by atoms with E-state index in [1.165, 1.54) is 11.3 Å². The topological polar surface area (TPSA) is 94.6 Å². The summed E-state index contributed by atoms with van der Waals surface area (Å²) < 4.78 is 36.1. The van der Waals surface area contributed by atoms with E-state index in [0.717, 1.165) is 4.70 Å². The third-order valence-corrected chi connectivity index (χ3v) is 7.44.